The van der Waals surface area contributed by atoms with Crippen molar-refractivity contribution >= 4 is 5.97 Å². The van der Waals surface area contributed by atoms with Gasteiger partial charge in [-0.2, -0.15) is 13.2 Å². The highest BCUT2D eigenvalue weighted by Crippen LogP contribution is 2.36. The third kappa shape index (κ3) is 2.50. The third-order valence-electron chi connectivity index (χ3n) is 2.67. The number of rotatable bonds is 3. The molecule has 0 fully saturated rings. The van der Waals surface area contributed by atoms with Crippen LogP contribution in [0.4, 0.5) is 13.2 Å². The zero-order valence-electron chi connectivity index (χ0n) is 10.0. The predicted molar refractivity (Wildman–Crippen MR) is 63.9 cm³/mol. The zero-order valence-corrected chi connectivity index (χ0v) is 10.0. The molecule has 0 saturated heterocycles. The molecule has 0 bridgehead atoms. The van der Waals surface area contributed by atoms with Gasteiger partial charge in [-0.15, -0.1) is 0 Å². The predicted octanol–water partition coefficient (Wildman–Crippen LogP) is 2.25. The molecule has 8 heteroatoms. The summed E-state index contributed by atoms with van der Waals surface area (Å²) in [5, 5.41) is 8.93. The molecule has 1 aromatic carbocycles. The van der Waals surface area contributed by atoms with Gasteiger partial charge in [-0.25, -0.2) is 9.78 Å². The summed E-state index contributed by atoms with van der Waals surface area (Å²) < 4.78 is 38.7. The summed E-state index contributed by atoms with van der Waals surface area (Å²) in [4.78, 5) is 17.2. The van der Waals surface area contributed by atoms with Gasteiger partial charge in [0.05, 0.1) is 11.3 Å². The molecule has 106 valence electrons. The van der Waals surface area contributed by atoms with Crippen LogP contribution >= 0.6 is 0 Å². The minimum atomic E-state index is -4.56. The molecule has 20 heavy (non-hydrogen) atoms. The Hall–Kier alpha value is -2.35. The maximum atomic E-state index is 12.9. The fourth-order valence-corrected chi connectivity index (χ4v) is 1.80. The Bertz CT molecular complexity index is 650. The van der Waals surface area contributed by atoms with Crippen LogP contribution < -0.4 is 5.73 Å². The molecule has 1 heterocycles. The number of nitrogens with zero attached hydrogens (tertiary/aromatic N) is 1. The Labute approximate surface area is 111 Å². The number of hydrogen-bond donors (Lipinski definition) is 3. The highest BCUT2D eigenvalue weighted by molar-refractivity contribution is 5.87. The highest BCUT2D eigenvalue weighted by Gasteiger charge is 2.34. The summed E-state index contributed by atoms with van der Waals surface area (Å²) in [5.74, 6) is -1.52. The van der Waals surface area contributed by atoms with Crippen molar-refractivity contribution in [1.82, 2.24) is 9.97 Å². The van der Waals surface area contributed by atoms with Gasteiger partial charge in [0.1, 0.15) is 5.82 Å². The van der Waals surface area contributed by atoms with Gasteiger partial charge in [0.2, 0.25) is 0 Å². The number of benzene rings is 1. The molecule has 0 aliphatic rings. The largest absolute Gasteiger partial charge is 0.476 e. The molecule has 1 aromatic heterocycles. The summed E-state index contributed by atoms with van der Waals surface area (Å²) in [6, 6.07) is 4.78. The molecule has 2 rings (SSSR count). The molecule has 0 atom stereocenters. The Kier molecular flexibility index (Phi) is 3.49. The molecular formula is C12H10F3N3O2. The van der Waals surface area contributed by atoms with Crippen LogP contribution in [-0.4, -0.2) is 21.0 Å². The second-order valence-electron chi connectivity index (χ2n) is 3.97. The van der Waals surface area contributed by atoms with E-state index in [-0.39, 0.29) is 29.3 Å². The molecule has 0 saturated carbocycles. The molecule has 0 amide bonds. The SMILES string of the molecule is NCc1[nH]c(-c2ccccc2C(F)(F)F)nc1C(=O)O. The average molecular weight is 285 g/mol. The van der Waals surface area contributed by atoms with Crippen LogP contribution in [0.15, 0.2) is 24.3 Å². The Morgan fingerprint density at radius 1 is 1.35 bits per heavy atom. The number of hydrogen-bond acceptors (Lipinski definition) is 3. The summed E-state index contributed by atoms with van der Waals surface area (Å²) in [6.07, 6.45) is -4.56. The number of carboxylic acids is 1. The normalized spacial score (nSPS) is 11.6. The van der Waals surface area contributed by atoms with E-state index in [1.54, 1.807) is 0 Å². The third-order valence-corrected chi connectivity index (χ3v) is 2.67. The molecule has 2 aromatic rings. The Morgan fingerprint density at radius 3 is 2.50 bits per heavy atom. The summed E-state index contributed by atoms with van der Waals surface area (Å²) >= 11 is 0. The first kappa shape index (κ1) is 14.1. The van der Waals surface area contributed by atoms with Crippen molar-refractivity contribution in [3.05, 3.63) is 41.2 Å². The van der Waals surface area contributed by atoms with E-state index in [1.165, 1.54) is 18.2 Å². The highest BCUT2D eigenvalue weighted by atomic mass is 19.4. The second kappa shape index (κ2) is 4.97. The summed E-state index contributed by atoms with van der Waals surface area (Å²) in [6.45, 7) is -0.164. The van der Waals surface area contributed by atoms with Crippen LogP contribution in [0.1, 0.15) is 21.7 Å². The van der Waals surface area contributed by atoms with Gasteiger partial charge in [-0.3, -0.25) is 0 Å². The lowest BCUT2D eigenvalue weighted by Crippen LogP contribution is -2.07. The maximum Gasteiger partial charge on any atom is 0.417 e. The van der Waals surface area contributed by atoms with Gasteiger partial charge in [0, 0.05) is 12.1 Å². The van der Waals surface area contributed by atoms with E-state index in [0.717, 1.165) is 6.07 Å². The van der Waals surface area contributed by atoms with Gasteiger partial charge in [0.25, 0.3) is 0 Å². The van der Waals surface area contributed by atoms with E-state index in [0.29, 0.717) is 0 Å². The van der Waals surface area contributed by atoms with Crippen LogP contribution in [0, 0.1) is 0 Å². The minimum absolute atomic E-state index is 0.0736. The van der Waals surface area contributed by atoms with Gasteiger partial charge < -0.3 is 15.8 Å². The first-order valence-electron chi connectivity index (χ1n) is 5.53. The smallest absolute Gasteiger partial charge is 0.417 e. The fourth-order valence-electron chi connectivity index (χ4n) is 1.80. The number of nitrogens with one attached hydrogen (secondary N) is 1. The van der Waals surface area contributed by atoms with Gasteiger partial charge in [-0.1, -0.05) is 18.2 Å². The maximum absolute atomic E-state index is 12.9. The van der Waals surface area contributed by atoms with Crippen LogP contribution in [0.2, 0.25) is 0 Å². The number of carbonyl (C=O) groups is 1. The first-order valence-corrected chi connectivity index (χ1v) is 5.53. The standard InChI is InChI=1S/C12H10F3N3O2/c13-12(14,15)7-4-2-1-3-6(7)10-17-8(5-16)9(18-10)11(19)20/h1-4H,5,16H2,(H,17,18)(H,19,20). The van der Waals surface area contributed by atoms with Crippen LogP contribution in [-0.2, 0) is 12.7 Å². The molecule has 4 N–H and O–H groups in total. The van der Waals surface area contributed by atoms with Gasteiger partial charge >= 0.3 is 12.1 Å². The van der Waals surface area contributed by atoms with E-state index in [9.17, 15) is 18.0 Å². The lowest BCUT2D eigenvalue weighted by Gasteiger charge is -2.10. The monoisotopic (exact) mass is 285 g/mol. The second-order valence-corrected chi connectivity index (χ2v) is 3.97. The number of H-pyrrole nitrogens is 1. The molecule has 0 aliphatic carbocycles. The molecular weight excluding hydrogens is 275 g/mol. The van der Waals surface area contributed by atoms with Crippen molar-refractivity contribution in [2.45, 2.75) is 12.7 Å². The Balaban J connectivity index is 2.61. The van der Waals surface area contributed by atoms with Crippen molar-refractivity contribution < 1.29 is 23.1 Å². The molecule has 0 spiro atoms. The Morgan fingerprint density at radius 2 is 2.00 bits per heavy atom. The number of aromatic nitrogens is 2. The molecule has 5 nitrogen and oxygen atoms in total. The molecule has 0 unspecified atom stereocenters. The fraction of sp³-hybridized carbons (Fsp3) is 0.167. The zero-order chi connectivity index (χ0) is 14.9. The summed E-state index contributed by atoms with van der Waals surface area (Å²) in [5.41, 5.74) is 3.93. The van der Waals surface area contributed by atoms with E-state index in [4.69, 9.17) is 10.8 Å². The number of nitrogens with two attached hydrogens (primary N) is 1. The van der Waals surface area contributed by atoms with Crippen molar-refractivity contribution in [3.8, 4) is 11.4 Å². The first-order chi connectivity index (χ1) is 9.34. The average Bonchev–Trinajstić information content (AvgIpc) is 2.82. The van der Waals surface area contributed by atoms with Crippen LogP contribution in [0.25, 0.3) is 11.4 Å². The van der Waals surface area contributed by atoms with Crippen molar-refractivity contribution in [3.63, 3.8) is 0 Å². The van der Waals surface area contributed by atoms with Gasteiger partial charge in [-0.05, 0) is 6.07 Å². The lowest BCUT2D eigenvalue weighted by atomic mass is 10.1. The molecule has 0 radical (unpaired) electrons. The number of imidazole rings is 1. The van der Waals surface area contributed by atoms with E-state index >= 15 is 0 Å². The van der Waals surface area contributed by atoms with Crippen LogP contribution in [0.5, 0.6) is 0 Å². The van der Waals surface area contributed by atoms with Crippen LogP contribution in [0.3, 0.4) is 0 Å². The number of alkyl halides is 3. The number of halogens is 3. The number of aromatic carboxylic acids is 1. The minimum Gasteiger partial charge on any atom is -0.476 e. The van der Waals surface area contributed by atoms with Crippen molar-refractivity contribution in [2.24, 2.45) is 5.73 Å². The van der Waals surface area contributed by atoms with Crippen molar-refractivity contribution in [2.75, 3.05) is 0 Å². The number of aromatic amines is 1. The van der Waals surface area contributed by atoms with Gasteiger partial charge in [0.15, 0.2) is 5.69 Å². The molecule has 0 aliphatic heterocycles. The summed E-state index contributed by atoms with van der Waals surface area (Å²) in [7, 11) is 0. The van der Waals surface area contributed by atoms with E-state index in [1.807, 2.05) is 0 Å². The van der Waals surface area contributed by atoms with E-state index in [2.05, 4.69) is 9.97 Å². The number of carboxylic acid groups (broad SMARTS) is 1. The van der Waals surface area contributed by atoms with E-state index < -0.39 is 17.7 Å². The topological polar surface area (TPSA) is 92.0 Å². The lowest BCUT2D eigenvalue weighted by molar-refractivity contribution is -0.137. The van der Waals surface area contributed by atoms with Crippen molar-refractivity contribution in [1.29, 1.82) is 0 Å². The quantitative estimate of drug-likeness (QED) is 0.806.